The second kappa shape index (κ2) is 23.4. The van der Waals surface area contributed by atoms with Crippen LogP contribution >= 0.6 is 22.7 Å². The van der Waals surface area contributed by atoms with Crippen molar-refractivity contribution in [3.05, 3.63) is 200 Å². The number of hydrogen-bond acceptors (Lipinski definition) is 18. The van der Waals surface area contributed by atoms with E-state index < -0.39 is 70.6 Å². The number of imide groups is 6. The molecule has 4 aromatic carbocycles. The van der Waals surface area contributed by atoms with E-state index in [-0.39, 0.29) is 79.0 Å². The highest BCUT2D eigenvalue weighted by Gasteiger charge is 2.43. The number of rotatable bonds is 11. The number of thiophene rings is 2. The Hall–Kier alpha value is -10.9. The van der Waals surface area contributed by atoms with Crippen LogP contribution in [0.5, 0.6) is 0 Å². The topological polar surface area (TPSA) is 262 Å². The first-order valence-electron chi connectivity index (χ1n) is 25.1. The lowest BCUT2D eigenvalue weighted by atomic mass is 9.99. The van der Waals surface area contributed by atoms with Crippen molar-refractivity contribution in [3.8, 4) is 12.1 Å². The maximum Gasteiger partial charge on any atom is 0.424 e. The Kier molecular flexibility index (Phi) is 15.6. The molecule has 410 valence electrons. The summed E-state index contributed by atoms with van der Waals surface area (Å²) >= 11 is 1.98. The zero-order valence-corrected chi connectivity index (χ0v) is 45.7. The first kappa shape index (κ1) is 55.4. The molecule has 0 aliphatic carbocycles. The summed E-state index contributed by atoms with van der Waals surface area (Å²) in [5.41, 5.74) is 1.48. The molecule has 6 heterocycles. The fraction of sp³-hybridized carbons (Fsp3) is 0.115. The molecule has 6 amide bonds. The van der Waals surface area contributed by atoms with Crippen molar-refractivity contribution < 1.29 is 57.3 Å². The van der Waals surface area contributed by atoms with Gasteiger partial charge in [0.1, 0.15) is 71.1 Å². The van der Waals surface area contributed by atoms with Crippen LogP contribution in [0.3, 0.4) is 0 Å². The van der Waals surface area contributed by atoms with Crippen LogP contribution in [-0.4, -0.2) is 78.4 Å². The number of carbonyl (C=O) groups is 8. The van der Waals surface area contributed by atoms with E-state index in [1.165, 1.54) is 35.1 Å². The minimum Gasteiger partial charge on any atom is -0.444 e. The number of fused-ring (bicyclic) bond motifs is 2. The summed E-state index contributed by atoms with van der Waals surface area (Å²) in [6, 6.07) is 41.4. The Morgan fingerprint density at radius 1 is 0.518 bits per heavy atom. The van der Waals surface area contributed by atoms with E-state index in [0.717, 1.165) is 22.7 Å². The number of aliphatic imine (C=N–C) groups is 2. The Labute approximate surface area is 478 Å². The lowest BCUT2D eigenvalue weighted by Gasteiger charge is -2.24. The van der Waals surface area contributed by atoms with Crippen molar-refractivity contribution in [2.75, 3.05) is 0 Å². The fourth-order valence-corrected chi connectivity index (χ4v) is 11.1. The maximum atomic E-state index is 14.6. The van der Waals surface area contributed by atoms with Crippen LogP contribution < -0.4 is 10.6 Å². The summed E-state index contributed by atoms with van der Waals surface area (Å²) in [6.45, 7) is 7.85. The SMILES string of the molecule is C=c1/c(=C\c2c(C)n(C(=O)OCc3ccccc3)c3cc(/N=C4/C(=O)N(C(=O)OCc5ccccc5)C(=O)C(C#N)=C4C)sc23)n(C(=O)OCc2ccccc2)c2cc(/N=C3/C(=O)N(C(=O)OCc4ccccc4)C(=O)C(C#N)=C3C)sc12. The molecule has 0 saturated heterocycles. The number of amides is 6. The molecular weight excluding hydrogens is 1100 g/mol. The minimum atomic E-state index is -1.33. The van der Waals surface area contributed by atoms with E-state index >= 15 is 0 Å². The van der Waals surface area contributed by atoms with E-state index in [0.29, 0.717) is 42.9 Å². The van der Waals surface area contributed by atoms with E-state index in [1.54, 1.807) is 140 Å². The highest BCUT2D eigenvalue weighted by molar-refractivity contribution is 7.23. The first-order valence-corrected chi connectivity index (χ1v) is 26.7. The van der Waals surface area contributed by atoms with Gasteiger partial charge in [-0.3, -0.25) is 19.2 Å². The number of aromatic nitrogens is 2. The molecule has 8 aromatic rings. The Morgan fingerprint density at radius 2 is 0.867 bits per heavy atom. The number of benzene rings is 4. The van der Waals surface area contributed by atoms with Gasteiger partial charge in [0.2, 0.25) is 0 Å². The number of nitriles is 2. The van der Waals surface area contributed by atoms with Gasteiger partial charge in [-0.2, -0.15) is 20.3 Å². The molecule has 4 aromatic heterocycles. The lowest BCUT2D eigenvalue weighted by Crippen LogP contribution is -2.50. The van der Waals surface area contributed by atoms with Crippen LogP contribution in [0.25, 0.3) is 33.1 Å². The molecule has 0 fully saturated rings. The maximum absolute atomic E-state index is 14.6. The van der Waals surface area contributed by atoms with E-state index in [1.807, 2.05) is 6.07 Å². The van der Waals surface area contributed by atoms with Crippen molar-refractivity contribution >= 4 is 125 Å². The molecule has 22 heteroatoms. The third kappa shape index (κ3) is 10.8. The number of nitrogens with zero attached hydrogens (tertiary/aromatic N) is 8. The van der Waals surface area contributed by atoms with Gasteiger partial charge in [-0.25, -0.2) is 38.3 Å². The number of ether oxygens (including phenoxy) is 4. The van der Waals surface area contributed by atoms with Gasteiger partial charge in [0.25, 0.3) is 23.6 Å². The molecule has 20 nitrogen and oxygen atoms in total. The van der Waals surface area contributed by atoms with Gasteiger partial charge in [-0.05, 0) is 61.2 Å². The average molecular weight is 1140 g/mol. The van der Waals surface area contributed by atoms with E-state index in [9.17, 15) is 48.9 Å². The largest absolute Gasteiger partial charge is 0.444 e. The summed E-state index contributed by atoms with van der Waals surface area (Å²) in [7, 11) is 0. The van der Waals surface area contributed by atoms with Crippen LogP contribution in [0.4, 0.5) is 29.2 Å². The smallest absolute Gasteiger partial charge is 0.424 e. The third-order valence-corrected chi connectivity index (χ3v) is 15.4. The predicted octanol–water partition coefficient (Wildman–Crippen LogP) is 9.87. The predicted molar refractivity (Wildman–Crippen MR) is 305 cm³/mol. The molecule has 0 N–H and O–H groups in total. The van der Waals surface area contributed by atoms with Gasteiger partial charge in [0, 0.05) is 27.6 Å². The first-order chi connectivity index (χ1) is 40.1. The Balaban J connectivity index is 1.10. The van der Waals surface area contributed by atoms with Gasteiger partial charge < -0.3 is 18.9 Å². The van der Waals surface area contributed by atoms with Crippen molar-refractivity contribution in [2.24, 2.45) is 9.98 Å². The van der Waals surface area contributed by atoms with Crippen LogP contribution in [-0.2, 0) is 64.6 Å². The highest BCUT2D eigenvalue weighted by atomic mass is 32.1. The van der Waals surface area contributed by atoms with Crippen LogP contribution in [0.2, 0.25) is 0 Å². The second-order valence-corrected chi connectivity index (χ2v) is 20.5. The molecular formula is C61H42N8O12S2. The van der Waals surface area contributed by atoms with Gasteiger partial charge in [0.05, 0.1) is 25.8 Å². The molecule has 0 unspecified atom stereocenters. The summed E-state index contributed by atoms with van der Waals surface area (Å²) in [5, 5.41) is 20.8. The van der Waals surface area contributed by atoms with Crippen LogP contribution in [0.15, 0.2) is 166 Å². The molecule has 83 heavy (non-hydrogen) atoms. The lowest BCUT2D eigenvalue weighted by molar-refractivity contribution is -0.138. The molecule has 2 aliphatic heterocycles. The van der Waals surface area contributed by atoms with Crippen molar-refractivity contribution in [2.45, 2.75) is 47.2 Å². The summed E-state index contributed by atoms with van der Waals surface area (Å²) in [4.78, 5) is 121. The third-order valence-electron chi connectivity index (χ3n) is 13.3. The summed E-state index contributed by atoms with van der Waals surface area (Å²) in [6.07, 6.45) is -2.74. The Morgan fingerprint density at radius 3 is 1.25 bits per heavy atom. The van der Waals surface area contributed by atoms with E-state index in [4.69, 9.17) is 18.9 Å². The fourth-order valence-electron chi connectivity index (χ4n) is 9.04. The molecule has 0 bridgehead atoms. The molecule has 0 spiro atoms. The monoisotopic (exact) mass is 1140 g/mol. The molecule has 10 rings (SSSR count). The van der Waals surface area contributed by atoms with Gasteiger partial charge in [-0.1, -0.05) is 128 Å². The highest BCUT2D eigenvalue weighted by Crippen LogP contribution is 2.40. The van der Waals surface area contributed by atoms with Crippen LogP contribution in [0, 0.1) is 29.6 Å². The molecule has 2 aliphatic rings. The normalized spacial score (nSPS) is 14.9. The summed E-state index contributed by atoms with van der Waals surface area (Å²) in [5.74, 6) is -4.70. The van der Waals surface area contributed by atoms with Gasteiger partial charge >= 0.3 is 24.4 Å². The van der Waals surface area contributed by atoms with Crippen molar-refractivity contribution in [1.82, 2.24) is 18.9 Å². The second-order valence-electron chi connectivity index (χ2n) is 18.5. The zero-order valence-electron chi connectivity index (χ0n) is 44.1. The van der Waals surface area contributed by atoms with Gasteiger partial charge in [0.15, 0.2) is 0 Å². The molecule has 0 radical (unpaired) electrons. The van der Waals surface area contributed by atoms with Crippen molar-refractivity contribution in [3.63, 3.8) is 0 Å². The zero-order chi connectivity index (χ0) is 58.6. The summed E-state index contributed by atoms with van der Waals surface area (Å²) < 4.78 is 25.7. The Bertz CT molecular complexity index is 4410. The molecule has 0 atom stereocenters. The van der Waals surface area contributed by atoms with Crippen LogP contribution in [0.1, 0.15) is 47.4 Å². The molecule has 0 saturated carbocycles. The van der Waals surface area contributed by atoms with Crippen molar-refractivity contribution in [1.29, 1.82) is 10.5 Å². The number of carbonyl (C=O) groups excluding carboxylic acids is 8. The van der Waals surface area contributed by atoms with Gasteiger partial charge in [-0.15, -0.1) is 22.7 Å². The minimum absolute atomic E-state index is 0.0873. The average Bonchev–Trinajstić information content (AvgIpc) is 4.22. The quantitative estimate of drug-likeness (QED) is 0.0862. The van der Waals surface area contributed by atoms with E-state index in [2.05, 4.69) is 16.6 Å². The number of hydrogen-bond donors (Lipinski definition) is 0. The standard InChI is InChI=1S/C61H42N8O12S2/c1-34-43(28-62)54(70)68(60(76)80-32-40-21-13-7-14-22-40)56(72)50(34)64-48-26-46-52(82-48)36(3)45(67(46)59(75)79-31-39-19-11-6-12-20-39)25-42-37(4)66(58(74)78-30-38-17-9-5-10-18-38)47-27-49(83-53(42)47)65-51-35(2)44(29-63)55(71)69(57(51)73)61(77)81-33-41-23-15-8-16-24-41/h5-27H,3,30-33H2,1-2,4H3/b45-25+,64-50+,65-51+.